The zero-order valence-electron chi connectivity index (χ0n) is 11.5. The van der Waals surface area contributed by atoms with E-state index in [2.05, 4.69) is 0 Å². The number of unbranched alkanes of at least 4 members (excludes halogenated alkanes) is 1. The maximum Gasteiger partial charge on any atom is 0.243 e. The Hall–Kier alpha value is -0.620. The zero-order valence-corrected chi connectivity index (χ0v) is 13.1. The van der Waals surface area contributed by atoms with E-state index in [0.717, 1.165) is 12.8 Å². The quantitative estimate of drug-likeness (QED) is 0.786. The molecular weight excluding hydrogens is 298 g/mol. The number of hydrogen-bond acceptors (Lipinski definition) is 3. The number of rotatable bonds is 7. The predicted molar refractivity (Wildman–Crippen MR) is 79.4 cm³/mol. The lowest BCUT2D eigenvalue weighted by Gasteiger charge is -2.22. The fourth-order valence-electron chi connectivity index (χ4n) is 2.27. The van der Waals surface area contributed by atoms with Crippen molar-refractivity contribution in [3.8, 4) is 0 Å². The van der Waals surface area contributed by atoms with Gasteiger partial charge in [0.15, 0.2) is 0 Å². The first-order valence-corrected chi connectivity index (χ1v) is 8.67. The lowest BCUT2D eigenvalue weighted by molar-refractivity contribution is 0.275. The van der Waals surface area contributed by atoms with Gasteiger partial charge in [-0.15, -0.1) is 0 Å². The second kappa shape index (κ2) is 6.43. The van der Waals surface area contributed by atoms with Crippen LogP contribution in [0.5, 0.6) is 0 Å². The summed E-state index contributed by atoms with van der Waals surface area (Å²) < 4.78 is 27.1. The molecule has 4 nitrogen and oxygen atoms in total. The Kier molecular flexibility index (Phi) is 5.07. The van der Waals surface area contributed by atoms with E-state index in [4.69, 9.17) is 16.7 Å². The smallest absolute Gasteiger partial charge is 0.243 e. The molecule has 1 N–H and O–H groups in total. The van der Waals surface area contributed by atoms with Crippen LogP contribution in [0.25, 0.3) is 0 Å². The van der Waals surface area contributed by atoms with E-state index in [0.29, 0.717) is 34.9 Å². The lowest BCUT2D eigenvalue weighted by atomic mass is 10.2. The van der Waals surface area contributed by atoms with Gasteiger partial charge < -0.3 is 5.11 Å². The van der Waals surface area contributed by atoms with Gasteiger partial charge in [0.05, 0.1) is 4.90 Å². The summed E-state index contributed by atoms with van der Waals surface area (Å²) in [4.78, 5) is 0.331. The van der Waals surface area contributed by atoms with Crippen molar-refractivity contribution in [2.75, 3.05) is 13.2 Å². The molecule has 1 aromatic rings. The molecule has 1 aliphatic carbocycles. The monoisotopic (exact) mass is 317 g/mol. The van der Waals surface area contributed by atoms with Crippen molar-refractivity contribution >= 4 is 21.6 Å². The summed E-state index contributed by atoms with van der Waals surface area (Å²) >= 11 is 5.89. The van der Waals surface area contributed by atoms with Crippen LogP contribution in [0.2, 0.25) is 5.02 Å². The van der Waals surface area contributed by atoms with Gasteiger partial charge in [0.1, 0.15) is 0 Å². The zero-order chi connectivity index (χ0) is 14.8. The average molecular weight is 318 g/mol. The molecule has 0 atom stereocenters. The van der Waals surface area contributed by atoms with Crippen molar-refractivity contribution in [3.05, 3.63) is 28.8 Å². The number of aliphatic hydroxyl groups excluding tert-OH is 1. The summed E-state index contributed by atoms with van der Waals surface area (Å²) in [5.74, 6) is 0. The van der Waals surface area contributed by atoms with Crippen LogP contribution < -0.4 is 0 Å². The van der Waals surface area contributed by atoms with Crippen LogP contribution in [-0.4, -0.2) is 37.0 Å². The first kappa shape index (κ1) is 15.8. The number of hydrogen-bond donors (Lipinski definition) is 1. The van der Waals surface area contributed by atoms with E-state index in [1.165, 1.54) is 0 Å². The number of aryl methyl sites for hydroxylation is 1. The molecule has 0 saturated heterocycles. The second-order valence-electron chi connectivity index (χ2n) is 5.19. The van der Waals surface area contributed by atoms with Crippen LogP contribution >= 0.6 is 11.6 Å². The summed E-state index contributed by atoms with van der Waals surface area (Å²) in [6, 6.07) is 4.98. The molecule has 1 saturated carbocycles. The third kappa shape index (κ3) is 3.52. The molecule has 0 aliphatic heterocycles. The van der Waals surface area contributed by atoms with E-state index in [-0.39, 0.29) is 12.6 Å². The number of sulfonamides is 1. The summed E-state index contributed by atoms with van der Waals surface area (Å²) in [6.07, 6.45) is 3.15. The first-order chi connectivity index (χ1) is 9.46. The van der Waals surface area contributed by atoms with Crippen LogP contribution in [0.4, 0.5) is 0 Å². The highest BCUT2D eigenvalue weighted by Crippen LogP contribution is 2.33. The molecule has 112 valence electrons. The highest BCUT2D eigenvalue weighted by molar-refractivity contribution is 7.89. The minimum atomic E-state index is -3.47. The molecule has 0 amide bonds. The fraction of sp³-hybridized carbons (Fsp3) is 0.571. The van der Waals surface area contributed by atoms with Crippen LogP contribution in [-0.2, 0) is 10.0 Å². The maximum atomic E-state index is 12.8. The highest BCUT2D eigenvalue weighted by Gasteiger charge is 2.38. The molecule has 0 radical (unpaired) electrons. The van der Waals surface area contributed by atoms with Crippen molar-refractivity contribution in [2.24, 2.45) is 0 Å². The van der Waals surface area contributed by atoms with Crippen LogP contribution in [0.1, 0.15) is 31.2 Å². The van der Waals surface area contributed by atoms with Crippen molar-refractivity contribution in [2.45, 2.75) is 43.5 Å². The molecule has 0 heterocycles. The third-order valence-electron chi connectivity index (χ3n) is 3.46. The SMILES string of the molecule is Cc1cc(Cl)ccc1S(=O)(=O)N(CCCCO)C1CC1. The number of benzene rings is 1. The summed E-state index contributed by atoms with van der Waals surface area (Å²) in [5.41, 5.74) is 0.672. The second-order valence-corrected chi connectivity index (χ2v) is 7.48. The molecule has 1 fully saturated rings. The summed E-state index contributed by atoms with van der Waals surface area (Å²) in [5, 5.41) is 9.39. The van der Waals surface area contributed by atoms with Gasteiger partial charge in [0, 0.05) is 24.2 Å². The number of nitrogens with zero attached hydrogens (tertiary/aromatic N) is 1. The molecule has 0 aromatic heterocycles. The average Bonchev–Trinajstić information content (AvgIpc) is 3.18. The lowest BCUT2D eigenvalue weighted by Crippen LogP contribution is -2.34. The normalized spacial score (nSPS) is 15.8. The van der Waals surface area contributed by atoms with E-state index in [9.17, 15) is 8.42 Å². The highest BCUT2D eigenvalue weighted by atomic mass is 35.5. The Bertz CT molecular complexity index is 570. The molecule has 0 unspecified atom stereocenters. The summed E-state index contributed by atoms with van der Waals surface area (Å²) in [6.45, 7) is 2.33. The molecule has 1 aliphatic rings. The minimum Gasteiger partial charge on any atom is -0.396 e. The van der Waals surface area contributed by atoms with Crippen molar-refractivity contribution in [1.29, 1.82) is 0 Å². The van der Waals surface area contributed by atoms with Crippen molar-refractivity contribution in [3.63, 3.8) is 0 Å². The largest absolute Gasteiger partial charge is 0.396 e. The molecule has 6 heteroatoms. The molecule has 1 aromatic carbocycles. The van der Waals surface area contributed by atoms with E-state index in [1.807, 2.05) is 0 Å². The van der Waals surface area contributed by atoms with Gasteiger partial charge in [-0.3, -0.25) is 0 Å². The van der Waals surface area contributed by atoms with E-state index in [1.54, 1.807) is 29.4 Å². The molecule has 20 heavy (non-hydrogen) atoms. The Labute approximate surface area is 125 Å². The van der Waals surface area contributed by atoms with Gasteiger partial charge in [-0.1, -0.05) is 11.6 Å². The number of halogens is 1. The van der Waals surface area contributed by atoms with Crippen molar-refractivity contribution in [1.82, 2.24) is 4.31 Å². The standard InChI is InChI=1S/C14H20ClNO3S/c1-11-10-12(15)4-7-14(11)20(18,19)16(13-5-6-13)8-2-3-9-17/h4,7,10,13,17H,2-3,5-6,8-9H2,1H3. The van der Waals surface area contributed by atoms with E-state index < -0.39 is 10.0 Å². The molecule has 0 spiro atoms. The van der Waals surface area contributed by atoms with Gasteiger partial charge in [0.25, 0.3) is 0 Å². The van der Waals surface area contributed by atoms with E-state index >= 15 is 0 Å². The van der Waals surface area contributed by atoms with Gasteiger partial charge in [-0.25, -0.2) is 8.42 Å². The van der Waals surface area contributed by atoms with Gasteiger partial charge >= 0.3 is 0 Å². The molecule has 0 bridgehead atoms. The van der Waals surface area contributed by atoms with Gasteiger partial charge in [-0.05, 0) is 56.4 Å². The number of aliphatic hydroxyl groups is 1. The molecule has 2 rings (SSSR count). The Morgan fingerprint density at radius 2 is 2.05 bits per heavy atom. The maximum absolute atomic E-state index is 12.8. The first-order valence-electron chi connectivity index (χ1n) is 6.85. The van der Waals surface area contributed by atoms with Crippen LogP contribution in [0.3, 0.4) is 0 Å². The fourth-order valence-corrected chi connectivity index (χ4v) is 4.43. The topological polar surface area (TPSA) is 57.6 Å². The van der Waals surface area contributed by atoms with Crippen LogP contribution in [0, 0.1) is 6.92 Å². The van der Waals surface area contributed by atoms with Gasteiger partial charge in [-0.2, -0.15) is 4.31 Å². The van der Waals surface area contributed by atoms with Crippen molar-refractivity contribution < 1.29 is 13.5 Å². The Morgan fingerprint density at radius 1 is 1.35 bits per heavy atom. The molecular formula is C14H20ClNO3S. The Balaban J connectivity index is 2.25. The Morgan fingerprint density at radius 3 is 2.60 bits per heavy atom. The third-order valence-corrected chi connectivity index (χ3v) is 5.81. The minimum absolute atomic E-state index is 0.0958. The summed E-state index contributed by atoms with van der Waals surface area (Å²) in [7, 11) is -3.47. The predicted octanol–water partition coefficient (Wildman–Crippen LogP) is 2.57. The van der Waals surface area contributed by atoms with Crippen LogP contribution in [0.15, 0.2) is 23.1 Å². The van der Waals surface area contributed by atoms with Gasteiger partial charge in [0.2, 0.25) is 10.0 Å².